The van der Waals surface area contributed by atoms with Crippen LogP contribution in [0.25, 0.3) is 11.1 Å². The Hall–Kier alpha value is -4.14. The molecule has 9 nitrogen and oxygen atoms in total. The number of carbonyl (C=O) groups excluding carboxylic acids is 2. The number of amides is 2. The van der Waals surface area contributed by atoms with E-state index in [1.165, 1.54) is 6.39 Å². The van der Waals surface area contributed by atoms with Gasteiger partial charge in [-0.15, -0.1) is 0 Å². The van der Waals surface area contributed by atoms with E-state index in [1.807, 2.05) is 48.5 Å². The number of aliphatic carboxylic acids is 1. The molecule has 1 aliphatic carbocycles. The summed E-state index contributed by atoms with van der Waals surface area (Å²) < 4.78 is 10.6. The van der Waals surface area contributed by atoms with Crippen molar-refractivity contribution in [1.82, 2.24) is 15.6 Å². The molecule has 176 valence electrons. The van der Waals surface area contributed by atoms with Crippen molar-refractivity contribution < 1.29 is 28.6 Å². The van der Waals surface area contributed by atoms with Crippen LogP contribution in [0.3, 0.4) is 0 Å². The molecule has 0 fully saturated rings. The molecule has 2 amide bonds. The highest BCUT2D eigenvalue weighted by Crippen LogP contribution is 2.44. The first-order chi connectivity index (χ1) is 16.4. The van der Waals surface area contributed by atoms with E-state index in [0.717, 1.165) is 22.3 Å². The minimum atomic E-state index is -1.07. The van der Waals surface area contributed by atoms with Gasteiger partial charge in [-0.05, 0) is 35.6 Å². The summed E-state index contributed by atoms with van der Waals surface area (Å²) in [4.78, 5) is 40.3. The van der Waals surface area contributed by atoms with Crippen LogP contribution in [-0.2, 0) is 20.9 Å². The monoisotopic (exact) mass is 463 g/mol. The number of aryl methyl sites for hydroxylation is 1. The van der Waals surface area contributed by atoms with Gasteiger partial charge in [-0.2, -0.15) is 0 Å². The van der Waals surface area contributed by atoms with Crippen molar-refractivity contribution in [3.05, 3.63) is 77.5 Å². The molecule has 9 heteroatoms. The number of fused-ring (bicyclic) bond motifs is 3. The van der Waals surface area contributed by atoms with Gasteiger partial charge in [0.1, 0.15) is 24.1 Å². The maximum absolute atomic E-state index is 12.7. The molecule has 34 heavy (non-hydrogen) atoms. The molecule has 1 atom stereocenters. The van der Waals surface area contributed by atoms with Gasteiger partial charge in [-0.3, -0.25) is 9.59 Å². The quantitative estimate of drug-likeness (QED) is 0.443. The molecule has 1 unspecified atom stereocenters. The summed E-state index contributed by atoms with van der Waals surface area (Å²) in [5, 5.41) is 14.2. The van der Waals surface area contributed by atoms with Crippen molar-refractivity contribution >= 4 is 18.0 Å². The lowest BCUT2D eigenvalue weighted by Crippen LogP contribution is -2.47. The normalized spacial score (nSPS) is 13.0. The van der Waals surface area contributed by atoms with Crippen molar-refractivity contribution in [2.45, 2.75) is 38.3 Å². The highest BCUT2D eigenvalue weighted by molar-refractivity contribution is 5.86. The number of nitrogens with one attached hydrogen (secondary N) is 2. The number of nitrogens with zero attached hydrogens (tertiary/aromatic N) is 1. The number of aromatic nitrogens is 1. The van der Waals surface area contributed by atoms with Gasteiger partial charge in [-0.1, -0.05) is 48.5 Å². The Labute approximate surface area is 196 Å². The Morgan fingerprint density at radius 3 is 2.32 bits per heavy atom. The van der Waals surface area contributed by atoms with E-state index in [9.17, 15) is 14.4 Å². The van der Waals surface area contributed by atoms with Gasteiger partial charge < -0.3 is 24.9 Å². The van der Waals surface area contributed by atoms with Crippen LogP contribution in [0.15, 0.2) is 59.3 Å². The third-order valence-electron chi connectivity index (χ3n) is 5.87. The fraction of sp³-hybridized carbons (Fsp3) is 0.280. The second-order valence-electron chi connectivity index (χ2n) is 8.03. The zero-order valence-corrected chi connectivity index (χ0v) is 18.6. The highest BCUT2D eigenvalue weighted by atomic mass is 16.5. The van der Waals surface area contributed by atoms with Crippen LogP contribution in [0, 0.1) is 6.92 Å². The first-order valence-corrected chi connectivity index (χ1v) is 10.9. The number of rotatable bonds is 9. The Balaban J connectivity index is 1.39. The van der Waals surface area contributed by atoms with Gasteiger partial charge in [0, 0.05) is 12.3 Å². The van der Waals surface area contributed by atoms with Crippen LogP contribution in [0.4, 0.5) is 4.79 Å². The third kappa shape index (κ3) is 5.09. The van der Waals surface area contributed by atoms with Crippen molar-refractivity contribution in [3.63, 3.8) is 0 Å². The number of oxazole rings is 1. The third-order valence-corrected chi connectivity index (χ3v) is 5.87. The van der Waals surface area contributed by atoms with E-state index in [2.05, 4.69) is 15.6 Å². The molecule has 4 rings (SSSR count). The summed E-state index contributed by atoms with van der Waals surface area (Å²) in [6.07, 6.45) is 0.117. The molecule has 1 aliphatic rings. The molecule has 0 saturated carbocycles. The van der Waals surface area contributed by atoms with Gasteiger partial charge >= 0.3 is 12.1 Å². The Morgan fingerprint density at radius 2 is 1.74 bits per heavy atom. The second-order valence-corrected chi connectivity index (χ2v) is 8.03. The Kier molecular flexibility index (Phi) is 6.91. The van der Waals surface area contributed by atoms with E-state index in [-0.39, 0.29) is 31.9 Å². The number of hydrogen-bond acceptors (Lipinski definition) is 6. The molecular weight excluding hydrogens is 438 g/mol. The molecule has 0 bridgehead atoms. The van der Waals surface area contributed by atoms with Gasteiger partial charge in [0.15, 0.2) is 6.39 Å². The molecule has 3 aromatic rings. The lowest BCUT2D eigenvalue weighted by atomic mass is 9.98. The van der Waals surface area contributed by atoms with Gasteiger partial charge in [0.25, 0.3) is 0 Å². The Morgan fingerprint density at radius 1 is 1.09 bits per heavy atom. The summed E-state index contributed by atoms with van der Waals surface area (Å²) in [5.41, 5.74) is 4.90. The summed E-state index contributed by atoms with van der Waals surface area (Å²) in [6, 6.07) is 14.9. The van der Waals surface area contributed by atoms with E-state index in [0.29, 0.717) is 11.5 Å². The molecule has 1 aromatic heterocycles. The predicted molar refractivity (Wildman–Crippen MR) is 122 cm³/mol. The summed E-state index contributed by atoms with van der Waals surface area (Å²) >= 11 is 0. The standard InChI is InChI=1S/C25H25N3O6/c1-15-22(27-14-34-15)12-26-24(31)21(10-11-23(29)30)28-25(32)33-13-20-18-8-4-2-6-16(18)17-7-3-5-9-19(17)20/h2-9,14,20-21H,10-13H2,1H3,(H,26,31)(H,28,32)(H,29,30). The molecule has 1 heterocycles. The van der Waals surface area contributed by atoms with E-state index in [1.54, 1.807) is 6.92 Å². The van der Waals surface area contributed by atoms with E-state index >= 15 is 0 Å². The zero-order valence-electron chi connectivity index (χ0n) is 18.6. The topological polar surface area (TPSA) is 131 Å². The summed E-state index contributed by atoms with van der Waals surface area (Å²) in [5.74, 6) is -1.16. The SMILES string of the molecule is Cc1ocnc1CNC(=O)C(CCC(=O)O)NC(=O)OCC1c2ccccc2-c2ccccc21. The number of hydrogen-bond donors (Lipinski definition) is 3. The van der Waals surface area contributed by atoms with E-state index in [4.69, 9.17) is 14.3 Å². The average molecular weight is 463 g/mol. The molecular formula is C25H25N3O6. The second kappa shape index (κ2) is 10.2. The molecule has 0 saturated heterocycles. The number of benzene rings is 2. The van der Waals surface area contributed by atoms with Gasteiger partial charge in [0.2, 0.25) is 5.91 Å². The number of carboxylic acids is 1. The van der Waals surface area contributed by atoms with Gasteiger partial charge in [-0.25, -0.2) is 9.78 Å². The number of carbonyl (C=O) groups is 3. The lowest BCUT2D eigenvalue weighted by Gasteiger charge is -2.19. The number of ether oxygens (including phenoxy) is 1. The Bertz CT molecular complexity index is 1160. The maximum atomic E-state index is 12.7. The molecule has 0 spiro atoms. The van der Waals surface area contributed by atoms with Crippen LogP contribution in [-0.4, -0.2) is 40.7 Å². The highest BCUT2D eigenvalue weighted by Gasteiger charge is 2.30. The summed E-state index contributed by atoms with van der Waals surface area (Å²) in [7, 11) is 0. The first kappa shape index (κ1) is 23.0. The fourth-order valence-electron chi connectivity index (χ4n) is 4.11. The van der Waals surface area contributed by atoms with Crippen LogP contribution in [0.2, 0.25) is 0 Å². The van der Waals surface area contributed by atoms with Crippen LogP contribution < -0.4 is 10.6 Å². The number of alkyl carbamates (subject to hydrolysis) is 1. The lowest BCUT2D eigenvalue weighted by molar-refractivity contribution is -0.137. The van der Waals surface area contributed by atoms with Crippen LogP contribution >= 0.6 is 0 Å². The molecule has 0 aliphatic heterocycles. The zero-order chi connectivity index (χ0) is 24.1. The minimum absolute atomic E-state index is 0.0802. The first-order valence-electron chi connectivity index (χ1n) is 10.9. The van der Waals surface area contributed by atoms with E-state index < -0.39 is 24.0 Å². The smallest absolute Gasteiger partial charge is 0.407 e. The molecule has 0 radical (unpaired) electrons. The predicted octanol–water partition coefficient (Wildman–Crippen LogP) is 3.37. The van der Waals surface area contributed by atoms with Crippen molar-refractivity contribution in [2.75, 3.05) is 6.61 Å². The van der Waals surface area contributed by atoms with Crippen molar-refractivity contribution in [2.24, 2.45) is 0 Å². The van der Waals surface area contributed by atoms with Crippen LogP contribution in [0.1, 0.15) is 41.3 Å². The largest absolute Gasteiger partial charge is 0.481 e. The minimum Gasteiger partial charge on any atom is -0.481 e. The molecule has 3 N–H and O–H groups in total. The van der Waals surface area contributed by atoms with Crippen LogP contribution in [0.5, 0.6) is 0 Å². The maximum Gasteiger partial charge on any atom is 0.407 e. The number of carboxylic acid groups (broad SMARTS) is 1. The molecule has 2 aromatic carbocycles. The van der Waals surface area contributed by atoms with Crippen molar-refractivity contribution in [1.29, 1.82) is 0 Å². The average Bonchev–Trinajstić information content (AvgIpc) is 3.39. The van der Waals surface area contributed by atoms with Crippen molar-refractivity contribution in [3.8, 4) is 11.1 Å². The van der Waals surface area contributed by atoms with Gasteiger partial charge in [0.05, 0.1) is 6.54 Å². The fourth-order valence-corrected chi connectivity index (χ4v) is 4.11. The summed E-state index contributed by atoms with van der Waals surface area (Å²) in [6.45, 7) is 1.90.